The number of rotatable bonds is 7. The van der Waals surface area contributed by atoms with Gasteiger partial charge in [-0.2, -0.15) is 0 Å². The minimum Gasteiger partial charge on any atom is -0.497 e. The number of imidazole rings is 1. The molecule has 0 fully saturated rings. The fourth-order valence-electron chi connectivity index (χ4n) is 2.92. The number of ether oxygens (including phenoxy) is 2. The van der Waals surface area contributed by atoms with Gasteiger partial charge in [-0.15, -0.1) is 0 Å². The van der Waals surface area contributed by atoms with Gasteiger partial charge in [0.05, 0.1) is 18.1 Å². The van der Waals surface area contributed by atoms with E-state index in [4.69, 9.17) is 9.47 Å². The number of nitrogens with one attached hydrogen (secondary N) is 1. The first kappa shape index (κ1) is 18.5. The summed E-state index contributed by atoms with van der Waals surface area (Å²) in [5.41, 5.74) is 3.46. The molecule has 0 unspecified atom stereocenters. The molecule has 0 aliphatic heterocycles. The number of aromatic nitrogens is 2. The van der Waals surface area contributed by atoms with E-state index in [1.807, 2.05) is 48.5 Å². The zero-order valence-electron chi connectivity index (χ0n) is 16.0. The number of benzene rings is 3. The molecule has 3 aromatic carbocycles. The molecule has 1 heterocycles. The highest BCUT2D eigenvalue weighted by Crippen LogP contribution is 2.17. The third-order valence-corrected chi connectivity index (χ3v) is 4.50. The molecule has 1 N–H and O–H groups in total. The standard InChI is InChI=1S/C24H20N2O3/c1-28-19-13-9-18(10-14-19)23(27)15-8-17-6-11-20(12-7-17)29-16-24-25-21-4-2-3-5-22(21)26-24/h2-15H,16H2,1H3,(H,25,26)/b15-8+. The van der Waals surface area contributed by atoms with E-state index in [1.54, 1.807) is 43.5 Å². The van der Waals surface area contributed by atoms with Crippen molar-refractivity contribution in [2.45, 2.75) is 6.61 Å². The maximum absolute atomic E-state index is 12.3. The molecule has 0 radical (unpaired) electrons. The van der Waals surface area contributed by atoms with Crippen LogP contribution in [0.1, 0.15) is 21.7 Å². The molecule has 0 aliphatic carbocycles. The zero-order valence-corrected chi connectivity index (χ0v) is 16.0. The second-order valence-corrected chi connectivity index (χ2v) is 6.48. The molecule has 5 nitrogen and oxygen atoms in total. The lowest BCUT2D eigenvalue weighted by molar-refractivity contribution is 0.104. The second-order valence-electron chi connectivity index (χ2n) is 6.48. The van der Waals surface area contributed by atoms with Crippen molar-refractivity contribution in [1.82, 2.24) is 9.97 Å². The van der Waals surface area contributed by atoms with Gasteiger partial charge in [-0.1, -0.05) is 30.3 Å². The van der Waals surface area contributed by atoms with Crippen LogP contribution in [-0.2, 0) is 6.61 Å². The lowest BCUT2D eigenvalue weighted by atomic mass is 10.1. The Hall–Kier alpha value is -3.86. The number of H-pyrrole nitrogens is 1. The van der Waals surface area contributed by atoms with Crippen molar-refractivity contribution >= 4 is 22.9 Å². The first-order valence-corrected chi connectivity index (χ1v) is 9.24. The Morgan fingerprint density at radius 3 is 2.41 bits per heavy atom. The minimum absolute atomic E-state index is 0.0575. The van der Waals surface area contributed by atoms with Crippen LogP contribution in [0.2, 0.25) is 0 Å². The van der Waals surface area contributed by atoms with Crippen molar-refractivity contribution in [1.29, 1.82) is 0 Å². The molecule has 0 aliphatic rings. The van der Waals surface area contributed by atoms with Gasteiger partial charge in [0.25, 0.3) is 0 Å². The Labute approximate surface area is 168 Å². The summed E-state index contributed by atoms with van der Waals surface area (Å²) >= 11 is 0. The van der Waals surface area contributed by atoms with Crippen LogP contribution in [0, 0.1) is 0 Å². The van der Waals surface area contributed by atoms with Crippen molar-refractivity contribution < 1.29 is 14.3 Å². The highest BCUT2D eigenvalue weighted by atomic mass is 16.5. The van der Waals surface area contributed by atoms with Crippen LogP contribution in [-0.4, -0.2) is 22.9 Å². The number of para-hydroxylation sites is 2. The van der Waals surface area contributed by atoms with Gasteiger partial charge in [-0.25, -0.2) is 4.98 Å². The van der Waals surface area contributed by atoms with Crippen molar-refractivity contribution in [2.24, 2.45) is 0 Å². The van der Waals surface area contributed by atoms with Crippen LogP contribution in [0.3, 0.4) is 0 Å². The van der Waals surface area contributed by atoms with E-state index in [9.17, 15) is 4.79 Å². The number of hydrogen-bond donors (Lipinski definition) is 1. The SMILES string of the molecule is COc1ccc(C(=O)/C=C/c2ccc(OCc3nc4ccccc4[nH]3)cc2)cc1. The van der Waals surface area contributed by atoms with E-state index in [2.05, 4.69) is 9.97 Å². The predicted octanol–water partition coefficient (Wildman–Crippen LogP) is 5.05. The third kappa shape index (κ3) is 4.52. The predicted molar refractivity (Wildman–Crippen MR) is 113 cm³/mol. The third-order valence-electron chi connectivity index (χ3n) is 4.50. The smallest absolute Gasteiger partial charge is 0.185 e. The van der Waals surface area contributed by atoms with Gasteiger partial charge in [-0.05, 0) is 60.2 Å². The fraction of sp³-hybridized carbons (Fsp3) is 0.0833. The van der Waals surface area contributed by atoms with Crippen LogP contribution >= 0.6 is 0 Å². The second kappa shape index (κ2) is 8.44. The maximum Gasteiger partial charge on any atom is 0.185 e. The van der Waals surface area contributed by atoms with Gasteiger partial charge in [0, 0.05) is 5.56 Å². The van der Waals surface area contributed by atoms with E-state index >= 15 is 0 Å². The van der Waals surface area contributed by atoms with Gasteiger partial charge >= 0.3 is 0 Å². The summed E-state index contributed by atoms with van der Waals surface area (Å²) in [7, 11) is 1.60. The molecule has 0 bridgehead atoms. The Balaban J connectivity index is 1.35. The van der Waals surface area contributed by atoms with Crippen LogP contribution in [0.15, 0.2) is 78.9 Å². The first-order valence-electron chi connectivity index (χ1n) is 9.24. The number of methoxy groups -OCH3 is 1. The number of carbonyl (C=O) groups excluding carboxylic acids is 1. The van der Waals surface area contributed by atoms with Crippen molar-refractivity contribution in [2.75, 3.05) is 7.11 Å². The van der Waals surface area contributed by atoms with E-state index in [0.717, 1.165) is 33.9 Å². The normalized spacial score (nSPS) is 11.1. The Morgan fingerprint density at radius 1 is 0.966 bits per heavy atom. The van der Waals surface area contributed by atoms with Gasteiger partial charge in [-0.3, -0.25) is 4.79 Å². The summed E-state index contributed by atoms with van der Waals surface area (Å²) in [5, 5.41) is 0. The fourth-order valence-corrected chi connectivity index (χ4v) is 2.92. The number of aromatic amines is 1. The zero-order chi connectivity index (χ0) is 20.1. The highest BCUT2D eigenvalue weighted by Gasteiger charge is 2.04. The average Bonchev–Trinajstić information content (AvgIpc) is 3.20. The summed E-state index contributed by atoms with van der Waals surface area (Å²) in [6.07, 6.45) is 3.35. The molecule has 0 amide bonds. The number of carbonyl (C=O) groups is 1. The molecular weight excluding hydrogens is 364 g/mol. The quantitative estimate of drug-likeness (QED) is 0.358. The van der Waals surface area contributed by atoms with Crippen molar-refractivity contribution in [3.63, 3.8) is 0 Å². The number of fused-ring (bicyclic) bond motifs is 1. The Bertz CT molecular complexity index is 1110. The summed E-state index contributed by atoms with van der Waals surface area (Å²) in [4.78, 5) is 20.0. The van der Waals surface area contributed by atoms with Crippen LogP contribution in [0.4, 0.5) is 0 Å². The molecule has 4 rings (SSSR count). The first-order chi connectivity index (χ1) is 14.2. The molecule has 0 atom stereocenters. The Kier molecular flexibility index (Phi) is 5.38. The van der Waals surface area contributed by atoms with E-state index in [0.29, 0.717) is 12.2 Å². The monoisotopic (exact) mass is 384 g/mol. The van der Waals surface area contributed by atoms with Gasteiger partial charge < -0.3 is 14.5 Å². The van der Waals surface area contributed by atoms with E-state index < -0.39 is 0 Å². The lowest BCUT2D eigenvalue weighted by Crippen LogP contribution is -1.97. The highest BCUT2D eigenvalue weighted by molar-refractivity contribution is 6.06. The largest absolute Gasteiger partial charge is 0.497 e. The number of allylic oxidation sites excluding steroid dienone is 1. The summed E-state index contributed by atoms with van der Waals surface area (Å²) < 4.78 is 10.9. The lowest BCUT2D eigenvalue weighted by Gasteiger charge is -2.04. The number of hydrogen-bond acceptors (Lipinski definition) is 4. The molecule has 4 aromatic rings. The maximum atomic E-state index is 12.3. The molecule has 5 heteroatoms. The molecule has 0 saturated carbocycles. The van der Waals surface area contributed by atoms with Crippen LogP contribution in [0.25, 0.3) is 17.1 Å². The molecule has 0 spiro atoms. The molecule has 29 heavy (non-hydrogen) atoms. The Morgan fingerprint density at radius 2 is 1.69 bits per heavy atom. The molecule has 0 saturated heterocycles. The molecule has 1 aromatic heterocycles. The van der Waals surface area contributed by atoms with E-state index in [-0.39, 0.29) is 5.78 Å². The van der Waals surface area contributed by atoms with Crippen LogP contribution in [0.5, 0.6) is 11.5 Å². The summed E-state index contributed by atoms with van der Waals surface area (Å²) in [6.45, 7) is 0.361. The summed E-state index contributed by atoms with van der Waals surface area (Å²) in [5.74, 6) is 2.19. The van der Waals surface area contributed by atoms with Crippen LogP contribution < -0.4 is 9.47 Å². The molecule has 144 valence electrons. The molecular formula is C24H20N2O3. The van der Waals surface area contributed by atoms with Gasteiger partial charge in [0.2, 0.25) is 0 Å². The van der Waals surface area contributed by atoms with Crippen molar-refractivity contribution in [3.05, 3.63) is 95.8 Å². The van der Waals surface area contributed by atoms with E-state index in [1.165, 1.54) is 0 Å². The topological polar surface area (TPSA) is 64.2 Å². The number of nitrogens with zero attached hydrogens (tertiary/aromatic N) is 1. The summed E-state index contributed by atoms with van der Waals surface area (Å²) in [6, 6.07) is 22.5. The van der Waals surface area contributed by atoms with Crippen molar-refractivity contribution in [3.8, 4) is 11.5 Å². The minimum atomic E-state index is -0.0575. The van der Waals surface area contributed by atoms with Gasteiger partial charge in [0.15, 0.2) is 5.78 Å². The average molecular weight is 384 g/mol. The number of ketones is 1. The van der Waals surface area contributed by atoms with Gasteiger partial charge in [0.1, 0.15) is 23.9 Å².